The molecule has 3 unspecified atom stereocenters. The Balaban J connectivity index is 1.18. The number of rotatable bonds is 11. The first kappa shape index (κ1) is 29.7. The number of likely N-dealkylation sites (N-methyl/N-ethyl adjacent to an activating group) is 2. The van der Waals surface area contributed by atoms with Gasteiger partial charge < -0.3 is 29.7 Å². The number of nitro groups is 1. The van der Waals surface area contributed by atoms with Gasteiger partial charge in [0.05, 0.1) is 10.6 Å². The second-order valence-corrected chi connectivity index (χ2v) is 10.6. The molecule has 0 amide bonds. The third kappa shape index (κ3) is 5.21. The van der Waals surface area contributed by atoms with Crippen molar-refractivity contribution in [2.45, 2.75) is 37.1 Å². The van der Waals surface area contributed by atoms with Crippen LogP contribution in [0.3, 0.4) is 0 Å². The number of nitrogens with one attached hydrogen (secondary N) is 1. The number of benzene rings is 3. The van der Waals surface area contributed by atoms with Crippen LogP contribution in [0.4, 0.5) is 11.4 Å². The Kier molecular flexibility index (Phi) is 7.87. The predicted octanol–water partition coefficient (Wildman–Crippen LogP) is 3.44. The number of hydrogen-bond acceptors (Lipinski definition) is 11. The van der Waals surface area contributed by atoms with Gasteiger partial charge in [-0.05, 0) is 29.2 Å². The van der Waals surface area contributed by atoms with Gasteiger partial charge in [-0.15, -0.1) is 0 Å². The maximum atomic E-state index is 13.3. The zero-order valence-corrected chi connectivity index (χ0v) is 24.3. The van der Waals surface area contributed by atoms with Crippen molar-refractivity contribution < 1.29 is 33.7 Å². The lowest BCUT2D eigenvalue weighted by Crippen LogP contribution is -2.46. The van der Waals surface area contributed by atoms with Crippen LogP contribution in [-0.4, -0.2) is 87.1 Å². The molecule has 15 nitrogen and oxygen atoms in total. The number of aliphatic imine (C=N–C) groups is 1. The Morgan fingerprint density at radius 2 is 1.76 bits per heavy atom. The van der Waals surface area contributed by atoms with E-state index in [4.69, 9.17) is 14.5 Å². The normalized spacial score (nSPS) is 22.5. The zero-order valence-electron chi connectivity index (χ0n) is 24.3. The van der Waals surface area contributed by atoms with Crippen molar-refractivity contribution in [3.63, 3.8) is 0 Å². The summed E-state index contributed by atoms with van der Waals surface area (Å²) >= 11 is 0. The van der Waals surface area contributed by atoms with Gasteiger partial charge in [0.15, 0.2) is 11.7 Å². The number of aromatic nitrogens is 2. The summed E-state index contributed by atoms with van der Waals surface area (Å²) in [5, 5.41) is 31.3. The number of carboxylic acids is 1. The molecule has 0 radical (unpaired) electrons. The van der Waals surface area contributed by atoms with Crippen molar-refractivity contribution in [2.24, 2.45) is 4.99 Å². The summed E-state index contributed by atoms with van der Waals surface area (Å²) in [7, 11) is 3.62. The second kappa shape index (κ2) is 11.9. The number of hydrogen-bond donors (Lipinski definition) is 2. The molecule has 1 aromatic heterocycles. The van der Waals surface area contributed by atoms with Crippen molar-refractivity contribution >= 4 is 40.1 Å². The fourth-order valence-electron chi connectivity index (χ4n) is 5.74. The minimum Gasteiger partial charge on any atom is -0.480 e. The van der Waals surface area contributed by atoms with Crippen LogP contribution in [0.2, 0.25) is 0 Å². The molecule has 3 heterocycles. The number of nitrogens with zero attached hydrogens (tertiary/aromatic N) is 6. The first-order chi connectivity index (χ1) is 21.7. The lowest BCUT2D eigenvalue weighted by Gasteiger charge is -2.33. The molecular formula is C30H29N7O8. The number of ether oxygens (including phenoxy) is 2. The highest BCUT2D eigenvalue weighted by atomic mass is 16.8. The lowest BCUT2D eigenvalue weighted by atomic mass is 10.0. The number of anilines is 1. The van der Waals surface area contributed by atoms with Gasteiger partial charge in [0.25, 0.3) is 0 Å². The smallest absolute Gasteiger partial charge is 0.326 e. The van der Waals surface area contributed by atoms with Gasteiger partial charge in [0, 0.05) is 37.8 Å². The molecule has 2 aliphatic heterocycles. The molecule has 232 valence electrons. The third-order valence-corrected chi connectivity index (χ3v) is 7.92. The first-order valence-electron chi connectivity index (χ1n) is 14.1. The molecule has 4 aromatic rings. The highest BCUT2D eigenvalue weighted by molar-refractivity contribution is 5.99. The average molecular weight is 616 g/mol. The van der Waals surface area contributed by atoms with E-state index < -0.39 is 35.2 Å². The maximum absolute atomic E-state index is 13.3. The zero-order chi connectivity index (χ0) is 31.7. The quantitative estimate of drug-likeness (QED) is 0.108. The minimum absolute atomic E-state index is 0.0618. The summed E-state index contributed by atoms with van der Waals surface area (Å²) in [4.78, 5) is 44.5. The van der Waals surface area contributed by atoms with Crippen LogP contribution in [0, 0.1) is 10.1 Å². The number of nitro benzene ring substituents is 1. The van der Waals surface area contributed by atoms with E-state index in [0.717, 1.165) is 5.56 Å². The SMILES string of the molecule is CN1/C(=N/CCC[C@H](Nc2ccc([N+](=O)[O-])c3nonc23)C(=O)O)N(C)C2(c3ccccc3)OC(C(=O)c3ccccc3)OC12. The number of fused-ring (bicyclic) bond motifs is 2. The van der Waals surface area contributed by atoms with E-state index in [9.17, 15) is 24.8 Å². The van der Waals surface area contributed by atoms with Crippen molar-refractivity contribution in [1.82, 2.24) is 20.1 Å². The third-order valence-electron chi connectivity index (χ3n) is 7.92. The number of non-ortho nitro benzene ring substituents is 1. The van der Waals surface area contributed by atoms with Gasteiger partial charge in [-0.25, -0.2) is 9.42 Å². The minimum atomic E-state index is -1.16. The average Bonchev–Trinajstić information content (AvgIpc) is 3.75. The van der Waals surface area contributed by atoms with E-state index in [-0.39, 0.29) is 41.2 Å². The predicted molar refractivity (Wildman–Crippen MR) is 159 cm³/mol. The summed E-state index contributed by atoms with van der Waals surface area (Å²) in [5.74, 6) is -0.867. The number of guanidine groups is 1. The van der Waals surface area contributed by atoms with Gasteiger partial charge in [-0.2, -0.15) is 0 Å². The van der Waals surface area contributed by atoms with E-state index in [1.807, 2.05) is 53.2 Å². The van der Waals surface area contributed by atoms with Gasteiger partial charge in [-0.1, -0.05) is 60.7 Å². The van der Waals surface area contributed by atoms with Crippen molar-refractivity contribution in [1.29, 1.82) is 0 Å². The number of carboxylic acid groups (broad SMARTS) is 1. The van der Waals surface area contributed by atoms with Gasteiger partial charge in [0.1, 0.15) is 6.04 Å². The van der Waals surface area contributed by atoms with Crippen molar-refractivity contribution in [3.05, 3.63) is 94.0 Å². The van der Waals surface area contributed by atoms with Gasteiger partial charge >= 0.3 is 11.7 Å². The molecule has 0 bridgehead atoms. The summed E-state index contributed by atoms with van der Waals surface area (Å²) in [6, 6.07) is 19.8. The Morgan fingerprint density at radius 1 is 1.07 bits per heavy atom. The van der Waals surface area contributed by atoms with Crippen LogP contribution in [0.5, 0.6) is 0 Å². The molecule has 2 N–H and O–H groups in total. The van der Waals surface area contributed by atoms with Gasteiger partial charge in [0.2, 0.25) is 29.3 Å². The Labute approximate surface area is 256 Å². The number of carbonyl (C=O) groups excluding carboxylic acids is 1. The monoisotopic (exact) mass is 615 g/mol. The fraction of sp³-hybridized carbons (Fsp3) is 0.300. The van der Waals surface area contributed by atoms with E-state index in [0.29, 0.717) is 17.9 Å². The molecule has 0 saturated carbocycles. The van der Waals surface area contributed by atoms with Crippen molar-refractivity contribution in [3.8, 4) is 0 Å². The van der Waals surface area contributed by atoms with Crippen molar-refractivity contribution in [2.75, 3.05) is 26.0 Å². The highest BCUT2D eigenvalue weighted by Gasteiger charge is 2.63. The van der Waals surface area contributed by atoms with Crippen LogP contribution in [0.15, 0.2) is 82.4 Å². The maximum Gasteiger partial charge on any atom is 0.326 e. The molecule has 3 aromatic carbocycles. The van der Waals surface area contributed by atoms with E-state index in [1.54, 1.807) is 31.3 Å². The molecule has 15 heteroatoms. The molecule has 6 rings (SSSR count). The molecule has 0 aliphatic carbocycles. The molecular weight excluding hydrogens is 586 g/mol. The molecule has 2 saturated heterocycles. The standard InChI is InChI=1S/C30H29N7O8/c1-35-28-30(19-12-7-4-8-13-19,44-27(43-28)25(38)18-10-5-3-6-11-18)36(2)29(35)31-17-9-14-21(26(39)40)32-20-15-16-22(37(41)42)24-23(20)33-45-34-24/h3-8,10-13,15-16,21,27-28,32H,9,14,17H2,1-2H3,(H,39,40)/b31-29-/t21-,27?,28?,30?/m0/s1. The summed E-state index contributed by atoms with van der Waals surface area (Å²) in [6.45, 7) is 0.265. The summed E-state index contributed by atoms with van der Waals surface area (Å²) in [6.07, 6.45) is -1.29. The molecule has 45 heavy (non-hydrogen) atoms. The largest absolute Gasteiger partial charge is 0.480 e. The highest BCUT2D eigenvalue weighted by Crippen LogP contribution is 2.48. The summed E-state index contributed by atoms with van der Waals surface area (Å²) in [5.41, 5.74) is 0.0192. The Morgan fingerprint density at radius 3 is 2.44 bits per heavy atom. The van der Waals surface area contributed by atoms with E-state index >= 15 is 0 Å². The van der Waals surface area contributed by atoms with Gasteiger partial charge in [-0.3, -0.25) is 19.9 Å². The topological polar surface area (TPSA) is 186 Å². The van der Waals surface area contributed by atoms with Crippen LogP contribution in [0.1, 0.15) is 28.8 Å². The number of Topliss-reactive ketones (excluding diaryl/α,β-unsaturated/α-hetero) is 1. The lowest BCUT2D eigenvalue weighted by molar-refractivity contribution is -0.383. The van der Waals surface area contributed by atoms with Crippen LogP contribution >= 0.6 is 0 Å². The fourth-order valence-corrected chi connectivity index (χ4v) is 5.74. The van der Waals surface area contributed by atoms with E-state index in [1.165, 1.54) is 12.1 Å². The number of ketones is 1. The first-order valence-corrected chi connectivity index (χ1v) is 14.1. The molecule has 2 aliphatic rings. The Bertz CT molecular complexity index is 1770. The van der Waals surface area contributed by atoms with Crippen LogP contribution in [0.25, 0.3) is 11.0 Å². The second-order valence-electron chi connectivity index (χ2n) is 10.6. The molecule has 2 fully saturated rings. The number of carbonyl (C=O) groups is 2. The Hall–Kier alpha value is -5.41. The van der Waals surface area contributed by atoms with Crippen LogP contribution in [-0.2, 0) is 20.0 Å². The molecule has 4 atom stereocenters. The summed E-state index contributed by atoms with van der Waals surface area (Å²) < 4.78 is 17.4. The molecule has 0 spiro atoms. The number of aliphatic carboxylic acids is 1. The van der Waals surface area contributed by atoms with E-state index in [2.05, 4.69) is 20.3 Å². The van der Waals surface area contributed by atoms with Crippen LogP contribution < -0.4 is 5.32 Å².